The van der Waals surface area contributed by atoms with Crippen LogP contribution in [0.4, 0.5) is 15.9 Å². The Morgan fingerprint density at radius 1 is 1.32 bits per heavy atom. The van der Waals surface area contributed by atoms with Crippen molar-refractivity contribution in [2.45, 2.75) is 45.2 Å². The third-order valence-electron chi connectivity index (χ3n) is 6.78. The summed E-state index contributed by atoms with van der Waals surface area (Å²) in [6.07, 6.45) is 3.98. The third-order valence-corrected chi connectivity index (χ3v) is 7.87. The largest absolute Gasteiger partial charge is 0.396 e. The van der Waals surface area contributed by atoms with Crippen LogP contribution in [0.15, 0.2) is 18.3 Å². The summed E-state index contributed by atoms with van der Waals surface area (Å²) in [5, 5.41) is 6.54. The summed E-state index contributed by atoms with van der Waals surface area (Å²) >= 11 is 1.28. The van der Waals surface area contributed by atoms with Gasteiger partial charge in [0, 0.05) is 43.0 Å². The average molecular weight is 484 g/mol. The summed E-state index contributed by atoms with van der Waals surface area (Å²) in [6.45, 7) is 5.87. The first-order chi connectivity index (χ1) is 16.5. The van der Waals surface area contributed by atoms with Crippen molar-refractivity contribution in [3.05, 3.63) is 40.2 Å². The first-order valence-corrected chi connectivity index (χ1v) is 12.6. The normalized spacial score (nSPS) is 22.2. The molecule has 0 radical (unpaired) electrons. The lowest BCUT2D eigenvalue weighted by Gasteiger charge is -2.26. The molecule has 3 unspecified atom stereocenters. The number of halogens is 1. The Labute approximate surface area is 202 Å². The first kappa shape index (κ1) is 22.9. The number of nitrogens with two attached hydrogens (primary N) is 1. The Morgan fingerprint density at radius 3 is 2.97 bits per heavy atom. The van der Waals surface area contributed by atoms with Crippen LogP contribution in [0.2, 0.25) is 0 Å². The van der Waals surface area contributed by atoms with E-state index in [-0.39, 0.29) is 30.6 Å². The average Bonchev–Trinajstić information content (AvgIpc) is 3.39. The number of alkyl halides is 1. The molecule has 34 heavy (non-hydrogen) atoms. The number of thiophene rings is 1. The van der Waals surface area contributed by atoms with Gasteiger partial charge in [0.15, 0.2) is 0 Å². The topological polar surface area (TPSA) is 109 Å². The number of aromatic nitrogens is 3. The van der Waals surface area contributed by atoms with Crippen LogP contribution < -0.4 is 21.3 Å². The summed E-state index contributed by atoms with van der Waals surface area (Å²) < 4.78 is 13.5. The van der Waals surface area contributed by atoms with Gasteiger partial charge < -0.3 is 21.3 Å². The summed E-state index contributed by atoms with van der Waals surface area (Å²) in [4.78, 5) is 30.0. The molecular weight excluding hydrogens is 453 g/mol. The fourth-order valence-electron chi connectivity index (χ4n) is 5.00. The van der Waals surface area contributed by atoms with Crippen LogP contribution in [-0.4, -0.2) is 59.3 Å². The zero-order valence-electron chi connectivity index (χ0n) is 19.5. The fourth-order valence-corrected chi connectivity index (χ4v) is 6.00. The summed E-state index contributed by atoms with van der Waals surface area (Å²) in [7, 11) is 0. The standard InChI is InChI=1S/C24H30FN7OS/c1-3-27-18-12-32(11-15(18)9-25)19-7-4-14-8-16(5-6-17(14)31-19)30-23(33)22-20(26)21-24(34-22)29-13(2)10-28-21/h4,7,10,15-16,18,27H,3,5-6,8-9,11-12,26H2,1-2H3,(H,30,33). The Morgan fingerprint density at radius 2 is 2.18 bits per heavy atom. The maximum atomic E-state index is 13.5. The minimum Gasteiger partial charge on any atom is -0.396 e. The molecular formula is C24H30FN7OS. The van der Waals surface area contributed by atoms with E-state index in [0.717, 1.165) is 55.1 Å². The summed E-state index contributed by atoms with van der Waals surface area (Å²) in [5.41, 5.74) is 10.2. The molecule has 1 saturated heterocycles. The van der Waals surface area contributed by atoms with Gasteiger partial charge in [0.1, 0.15) is 21.0 Å². The molecule has 4 N–H and O–H groups in total. The van der Waals surface area contributed by atoms with E-state index in [1.807, 2.05) is 19.9 Å². The highest BCUT2D eigenvalue weighted by molar-refractivity contribution is 7.21. The van der Waals surface area contributed by atoms with Gasteiger partial charge in [-0.25, -0.2) is 15.0 Å². The van der Waals surface area contributed by atoms with E-state index in [4.69, 9.17) is 10.7 Å². The molecule has 2 aliphatic rings. The Bertz CT molecular complexity index is 1220. The van der Waals surface area contributed by atoms with Gasteiger partial charge in [0.05, 0.1) is 18.1 Å². The molecule has 1 fully saturated rings. The van der Waals surface area contributed by atoms with Gasteiger partial charge in [-0.05, 0) is 44.4 Å². The molecule has 3 aromatic heterocycles. The van der Waals surface area contributed by atoms with Crippen molar-refractivity contribution in [2.75, 3.05) is 36.9 Å². The van der Waals surface area contributed by atoms with Crippen molar-refractivity contribution < 1.29 is 9.18 Å². The van der Waals surface area contributed by atoms with Crippen molar-refractivity contribution in [3.8, 4) is 0 Å². The fraction of sp³-hybridized carbons (Fsp3) is 0.500. The number of likely N-dealkylation sites (N-methyl/N-ethyl adjacent to an activating group) is 1. The van der Waals surface area contributed by atoms with Crippen LogP contribution in [0.1, 0.15) is 40.0 Å². The van der Waals surface area contributed by atoms with Crippen molar-refractivity contribution in [1.29, 1.82) is 0 Å². The van der Waals surface area contributed by atoms with E-state index in [1.165, 1.54) is 11.3 Å². The highest BCUT2D eigenvalue weighted by Crippen LogP contribution is 2.32. The minimum absolute atomic E-state index is 0.00646. The maximum absolute atomic E-state index is 13.5. The number of fused-ring (bicyclic) bond motifs is 2. The van der Waals surface area contributed by atoms with E-state index < -0.39 is 0 Å². The maximum Gasteiger partial charge on any atom is 0.263 e. The highest BCUT2D eigenvalue weighted by atomic mass is 32.1. The highest BCUT2D eigenvalue weighted by Gasteiger charge is 2.33. The summed E-state index contributed by atoms with van der Waals surface area (Å²) in [6, 6.07) is 4.30. The molecule has 4 heterocycles. The second-order valence-corrected chi connectivity index (χ2v) is 10.2. The molecule has 10 heteroatoms. The number of rotatable bonds is 6. The van der Waals surface area contributed by atoms with Crippen LogP contribution in [0.5, 0.6) is 0 Å². The van der Waals surface area contributed by atoms with Gasteiger partial charge >= 0.3 is 0 Å². The van der Waals surface area contributed by atoms with E-state index >= 15 is 0 Å². The van der Waals surface area contributed by atoms with Gasteiger partial charge in [0.25, 0.3) is 5.91 Å². The van der Waals surface area contributed by atoms with Gasteiger partial charge in [-0.2, -0.15) is 0 Å². The van der Waals surface area contributed by atoms with Crippen LogP contribution >= 0.6 is 11.3 Å². The number of nitrogens with zero attached hydrogens (tertiary/aromatic N) is 4. The second kappa shape index (κ2) is 9.42. The van der Waals surface area contributed by atoms with Crippen molar-refractivity contribution in [2.24, 2.45) is 5.92 Å². The van der Waals surface area contributed by atoms with Gasteiger partial charge in [-0.1, -0.05) is 13.0 Å². The molecule has 0 bridgehead atoms. The third kappa shape index (κ3) is 4.32. The number of nitrogens with one attached hydrogen (secondary N) is 2. The molecule has 0 aromatic carbocycles. The molecule has 5 rings (SSSR count). The molecule has 0 saturated carbocycles. The molecule has 1 aliphatic heterocycles. The van der Waals surface area contributed by atoms with Gasteiger partial charge in [-0.15, -0.1) is 11.3 Å². The zero-order valence-corrected chi connectivity index (χ0v) is 20.3. The number of amides is 1. The number of carbonyl (C=O) groups is 1. The Kier molecular flexibility index (Phi) is 6.35. The molecule has 0 spiro atoms. The number of hydrogen-bond donors (Lipinski definition) is 3. The second-order valence-electron chi connectivity index (χ2n) is 9.18. The lowest BCUT2D eigenvalue weighted by molar-refractivity contribution is 0.0938. The molecule has 180 valence electrons. The number of pyridine rings is 1. The zero-order chi connectivity index (χ0) is 23.8. The Balaban J connectivity index is 1.26. The predicted octanol–water partition coefficient (Wildman–Crippen LogP) is 2.65. The molecule has 8 nitrogen and oxygen atoms in total. The van der Waals surface area contributed by atoms with E-state index in [9.17, 15) is 9.18 Å². The molecule has 3 atom stereocenters. The monoisotopic (exact) mass is 483 g/mol. The minimum atomic E-state index is -0.323. The van der Waals surface area contributed by atoms with E-state index in [2.05, 4.69) is 31.6 Å². The quantitative estimate of drug-likeness (QED) is 0.495. The lowest BCUT2D eigenvalue weighted by atomic mass is 9.91. The van der Waals surface area contributed by atoms with Crippen LogP contribution in [0.3, 0.4) is 0 Å². The number of nitrogen functional groups attached to an aromatic ring is 1. The number of hydrogen-bond acceptors (Lipinski definition) is 8. The summed E-state index contributed by atoms with van der Waals surface area (Å²) in [5.74, 6) is 0.725. The lowest BCUT2D eigenvalue weighted by Crippen LogP contribution is -2.39. The van der Waals surface area contributed by atoms with Crippen molar-refractivity contribution >= 4 is 39.1 Å². The number of aryl methyl sites for hydroxylation is 2. The molecule has 3 aromatic rings. The smallest absolute Gasteiger partial charge is 0.263 e. The predicted molar refractivity (Wildman–Crippen MR) is 133 cm³/mol. The SMILES string of the molecule is CCNC1CN(c2ccc3c(n2)CCC(NC(=O)c2sc4nc(C)cnc4c2N)C3)CC1CF. The Hall–Kier alpha value is -2.85. The van der Waals surface area contributed by atoms with Crippen molar-refractivity contribution in [3.63, 3.8) is 0 Å². The van der Waals surface area contributed by atoms with Gasteiger partial charge in [-0.3, -0.25) is 9.18 Å². The van der Waals surface area contributed by atoms with E-state index in [1.54, 1.807) is 6.20 Å². The first-order valence-electron chi connectivity index (χ1n) is 11.8. The van der Waals surface area contributed by atoms with Crippen LogP contribution in [0, 0.1) is 12.8 Å². The number of anilines is 2. The molecule has 1 amide bonds. The van der Waals surface area contributed by atoms with Crippen LogP contribution in [0.25, 0.3) is 10.3 Å². The molecule has 1 aliphatic carbocycles. The van der Waals surface area contributed by atoms with E-state index in [0.29, 0.717) is 27.5 Å². The van der Waals surface area contributed by atoms with Crippen molar-refractivity contribution in [1.82, 2.24) is 25.6 Å². The van der Waals surface area contributed by atoms with Crippen LogP contribution in [-0.2, 0) is 12.8 Å². The van der Waals surface area contributed by atoms with Gasteiger partial charge in [0.2, 0.25) is 0 Å². The number of carbonyl (C=O) groups excluding carboxylic acids is 1.